The van der Waals surface area contributed by atoms with E-state index in [0.29, 0.717) is 13.2 Å². The molecule has 0 rings (SSSR count). The molecule has 0 atom stereocenters. The van der Waals surface area contributed by atoms with Crippen LogP contribution >= 0.6 is 7.60 Å². The fourth-order valence-corrected chi connectivity index (χ4v) is 7.14. The van der Waals surface area contributed by atoms with Gasteiger partial charge in [0.2, 0.25) is 6.29 Å². The van der Waals surface area contributed by atoms with E-state index < -0.39 is 7.60 Å². The SMILES string of the molecule is CCCCCCCCCCCCCCCCCCOP(=O)(C[C]=O)OCCCCCCCCCCCCCCCCCC. The summed E-state index contributed by atoms with van der Waals surface area (Å²) in [5.74, 6) is 0. The summed E-state index contributed by atoms with van der Waals surface area (Å²) in [7, 11) is -3.32. The molecule has 0 aliphatic carbocycles. The second-order valence-electron chi connectivity index (χ2n) is 13.2. The molecule has 0 unspecified atom stereocenters. The molecule has 257 valence electrons. The van der Waals surface area contributed by atoms with E-state index in [1.165, 1.54) is 180 Å². The first kappa shape index (κ1) is 42.8. The van der Waals surface area contributed by atoms with Gasteiger partial charge in [0.1, 0.15) is 6.16 Å². The first-order valence-electron chi connectivity index (χ1n) is 19.4. The van der Waals surface area contributed by atoms with Gasteiger partial charge in [-0.05, 0) is 12.8 Å². The van der Waals surface area contributed by atoms with Gasteiger partial charge in [-0.2, -0.15) is 0 Å². The standard InChI is InChI=1S/C38H76O4P/c1-3-5-7-9-11-13-15-17-19-21-23-25-27-29-31-33-36-41-43(40,38-35-39)42-37-34-32-30-28-26-24-22-20-18-16-14-12-10-8-6-4-2/h3-34,36-38H2,1-2H3. The van der Waals surface area contributed by atoms with Crippen molar-refractivity contribution in [3.05, 3.63) is 0 Å². The Balaban J connectivity index is 3.48. The second-order valence-corrected chi connectivity index (χ2v) is 15.2. The van der Waals surface area contributed by atoms with E-state index in [0.717, 1.165) is 25.7 Å². The van der Waals surface area contributed by atoms with Crippen LogP contribution in [-0.2, 0) is 18.4 Å². The van der Waals surface area contributed by atoms with E-state index in [-0.39, 0.29) is 6.16 Å². The largest absolute Gasteiger partial charge is 0.338 e. The Kier molecular flexibility index (Phi) is 36.1. The van der Waals surface area contributed by atoms with Gasteiger partial charge in [-0.25, -0.2) is 0 Å². The molecule has 0 fully saturated rings. The number of unbranched alkanes of at least 4 members (excludes halogenated alkanes) is 30. The zero-order valence-corrected chi connectivity index (χ0v) is 30.2. The first-order valence-corrected chi connectivity index (χ1v) is 21.1. The predicted molar refractivity (Wildman–Crippen MR) is 189 cm³/mol. The lowest BCUT2D eigenvalue weighted by molar-refractivity contribution is 0.200. The lowest BCUT2D eigenvalue weighted by Gasteiger charge is -2.16. The third kappa shape index (κ3) is 34.5. The lowest BCUT2D eigenvalue weighted by Crippen LogP contribution is -2.04. The smallest absolute Gasteiger partial charge is 0.308 e. The molecule has 0 N–H and O–H groups in total. The zero-order chi connectivity index (χ0) is 31.4. The van der Waals surface area contributed by atoms with Crippen LogP contribution in [-0.4, -0.2) is 25.7 Å². The average Bonchev–Trinajstić information content (AvgIpc) is 3.00. The zero-order valence-electron chi connectivity index (χ0n) is 29.3. The van der Waals surface area contributed by atoms with Gasteiger partial charge in [-0.3, -0.25) is 9.36 Å². The quantitative estimate of drug-likeness (QED) is 0.0505. The van der Waals surface area contributed by atoms with Crippen molar-refractivity contribution in [3.8, 4) is 0 Å². The Labute approximate surface area is 270 Å². The van der Waals surface area contributed by atoms with Crippen molar-refractivity contribution < 1.29 is 18.4 Å². The maximum absolute atomic E-state index is 12.8. The van der Waals surface area contributed by atoms with Crippen molar-refractivity contribution in [2.24, 2.45) is 0 Å². The van der Waals surface area contributed by atoms with E-state index in [9.17, 15) is 9.36 Å². The van der Waals surface area contributed by atoms with Crippen molar-refractivity contribution >= 4 is 13.9 Å². The monoisotopic (exact) mass is 628 g/mol. The van der Waals surface area contributed by atoms with Crippen LogP contribution in [0.25, 0.3) is 0 Å². The van der Waals surface area contributed by atoms with Crippen LogP contribution in [0.15, 0.2) is 0 Å². The predicted octanol–water partition coefficient (Wildman–Crippen LogP) is 13.8. The molecule has 0 amide bonds. The van der Waals surface area contributed by atoms with E-state index in [2.05, 4.69) is 13.8 Å². The van der Waals surface area contributed by atoms with Gasteiger partial charge in [-0.1, -0.05) is 206 Å². The minimum absolute atomic E-state index is 0.245. The Bertz CT molecular complexity index is 540. The van der Waals surface area contributed by atoms with Crippen LogP contribution in [0.3, 0.4) is 0 Å². The summed E-state index contributed by atoms with van der Waals surface area (Å²) < 4.78 is 24.0. The molecule has 0 aromatic heterocycles. The van der Waals surface area contributed by atoms with Gasteiger partial charge < -0.3 is 9.05 Å². The van der Waals surface area contributed by atoms with Crippen LogP contribution in [0.2, 0.25) is 0 Å². The molecule has 0 saturated heterocycles. The number of hydrogen-bond donors (Lipinski definition) is 0. The Morgan fingerprint density at radius 3 is 0.791 bits per heavy atom. The summed E-state index contributed by atoms with van der Waals surface area (Å²) in [5.41, 5.74) is 0. The highest BCUT2D eigenvalue weighted by Gasteiger charge is 2.24. The molecule has 1 radical (unpaired) electrons. The third-order valence-electron chi connectivity index (χ3n) is 8.83. The van der Waals surface area contributed by atoms with Gasteiger partial charge in [0, 0.05) is 0 Å². The van der Waals surface area contributed by atoms with E-state index >= 15 is 0 Å². The molecule has 0 saturated carbocycles. The lowest BCUT2D eigenvalue weighted by atomic mass is 10.0. The molecule has 5 heteroatoms. The molecule has 0 spiro atoms. The highest BCUT2D eigenvalue weighted by molar-refractivity contribution is 7.54. The van der Waals surface area contributed by atoms with E-state index in [1.807, 2.05) is 0 Å². The fourth-order valence-electron chi connectivity index (χ4n) is 5.92. The number of carbonyl (C=O) groups excluding carboxylic acids is 1. The van der Waals surface area contributed by atoms with Crippen molar-refractivity contribution in [1.82, 2.24) is 0 Å². The van der Waals surface area contributed by atoms with Crippen LogP contribution in [0.5, 0.6) is 0 Å². The maximum Gasteiger partial charge on any atom is 0.338 e. The summed E-state index contributed by atoms with van der Waals surface area (Å²) in [6.07, 6.45) is 43.8. The van der Waals surface area contributed by atoms with E-state index in [1.54, 1.807) is 6.29 Å². The van der Waals surface area contributed by atoms with Crippen LogP contribution in [0.1, 0.15) is 219 Å². The summed E-state index contributed by atoms with van der Waals surface area (Å²) >= 11 is 0. The summed E-state index contributed by atoms with van der Waals surface area (Å²) in [6, 6.07) is 0. The fraction of sp³-hybridized carbons (Fsp3) is 0.974. The van der Waals surface area contributed by atoms with Crippen LogP contribution in [0, 0.1) is 0 Å². The average molecular weight is 628 g/mol. The van der Waals surface area contributed by atoms with E-state index in [4.69, 9.17) is 9.05 Å². The number of rotatable bonds is 38. The molecule has 0 aromatic carbocycles. The molecule has 0 bridgehead atoms. The van der Waals surface area contributed by atoms with Crippen LogP contribution in [0.4, 0.5) is 0 Å². The number of hydrogen-bond acceptors (Lipinski definition) is 4. The van der Waals surface area contributed by atoms with Crippen molar-refractivity contribution in [1.29, 1.82) is 0 Å². The molecule has 4 nitrogen and oxygen atoms in total. The molecule has 0 aliphatic rings. The van der Waals surface area contributed by atoms with Gasteiger partial charge in [0.05, 0.1) is 13.2 Å². The molecular weight excluding hydrogens is 551 g/mol. The molecular formula is C38H76O4P. The Morgan fingerprint density at radius 1 is 0.372 bits per heavy atom. The molecule has 43 heavy (non-hydrogen) atoms. The highest BCUT2D eigenvalue weighted by atomic mass is 31.2. The van der Waals surface area contributed by atoms with Crippen LogP contribution < -0.4 is 0 Å². The van der Waals surface area contributed by atoms with Crippen molar-refractivity contribution in [2.45, 2.75) is 219 Å². The minimum Gasteiger partial charge on any atom is -0.308 e. The Morgan fingerprint density at radius 2 is 0.581 bits per heavy atom. The topological polar surface area (TPSA) is 52.6 Å². The molecule has 0 aromatic rings. The summed E-state index contributed by atoms with van der Waals surface area (Å²) in [6.45, 7) is 5.39. The summed E-state index contributed by atoms with van der Waals surface area (Å²) in [5, 5.41) is 0. The maximum atomic E-state index is 12.8. The first-order chi connectivity index (χ1) is 21.2. The van der Waals surface area contributed by atoms with Gasteiger partial charge in [0.25, 0.3) is 0 Å². The van der Waals surface area contributed by atoms with Gasteiger partial charge in [0.15, 0.2) is 0 Å². The second kappa shape index (κ2) is 36.3. The highest BCUT2D eigenvalue weighted by Crippen LogP contribution is 2.47. The molecule has 0 heterocycles. The normalized spacial score (nSPS) is 11.9. The van der Waals surface area contributed by atoms with Gasteiger partial charge >= 0.3 is 7.60 Å². The van der Waals surface area contributed by atoms with Crippen molar-refractivity contribution in [3.63, 3.8) is 0 Å². The third-order valence-corrected chi connectivity index (χ3v) is 10.5. The van der Waals surface area contributed by atoms with Crippen molar-refractivity contribution in [2.75, 3.05) is 19.4 Å². The van der Waals surface area contributed by atoms with Gasteiger partial charge in [-0.15, -0.1) is 0 Å². The minimum atomic E-state index is -3.32. The molecule has 0 aliphatic heterocycles. The summed E-state index contributed by atoms with van der Waals surface area (Å²) in [4.78, 5) is 10.9. The Hall–Kier alpha value is -0.180.